The molecule has 30 heavy (non-hydrogen) atoms. The van der Waals surface area contributed by atoms with Crippen LogP contribution in [-0.2, 0) is 11.8 Å². The summed E-state index contributed by atoms with van der Waals surface area (Å²) in [5, 5.41) is 5.20. The number of aromatic amines is 1. The van der Waals surface area contributed by atoms with Gasteiger partial charge in [-0.25, -0.2) is 14.8 Å². The Bertz CT molecular complexity index is 1110. The van der Waals surface area contributed by atoms with Crippen LogP contribution < -0.4 is 4.90 Å². The van der Waals surface area contributed by atoms with Gasteiger partial charge in [0.25, 0.3) is 0 Å². The number of carbonyl (C=O) groups excluding carboxylic acids is 2. The number of piperazine rings is 1. The molecule has 1 saturated heterocycles. The van der Waals surface area contributed by atoms with Crippen LogP contribution in [0.2, 0.25) is 0 Å². The highest BCUT2D eigenvalue weighted by molar-refractivity contribution is 6.02. The first kappa shape index (κ1) is 20.0. The molecule has 1 aliphatic rings. The first-order valence-electron chi connectivity index (χ1n) is 9.81. The Kier molecular flexibility index (Phi) is 5.25. The molecule has 0 atom stereocenters. The molecule has 4 heterocycles. The van der Waals surface area contributed by atoms with E-state index >= 15 is 0 Å². The van der Waals surface area contributed by atoms with E-state index in [-0.39, 0.29) is 5.78 Å². The van der Waals surface area contributed by atoms with Crippen LogP contribution >= 0.6 is 0 Å². The van der Waals surface area contributed by atoms with Gasteiger partial charge in [0.15, 0.2) is 11.4 Å². The Balaban J connectivity index is 1.43. The topological polar surface area (TPSA) is 109 Å². The van der Waals surface area contributed by atoms with Gasteiger partial charge in [0, 0.05) is 38.9 Å². The second-order valence-electron chi connectivity index (χ2n) is 7.51. The van der Waals surface area contributed by atoms with E-state index in [1.807, 2.05) is 7.05 Å². The predicted octanol–water partition coefficient (Wildman–Crippen LogP) is 1.10. The molecule has 3 aromatic heterocycles. The van der Waals surface area contributed by atoms with Gasteiger partial charge in [-0.2, -0.15) is 5.10 Å². The van der Waals surface area contributed by atoms with E-state index in [4.69, 9.17) is 4.74 Å². The summed E-state index contributed by atoms with van der Waals surface area (Å²) in [6.07, 6.45) is 3.35. The third-order valence-electron chi connectivity index (χ3n) is 5.65. The number of hydrogen-bond acceptors (Lipinski definition) is 8. The van der Waals surface area contributed by atoms with Crippen molar-refractivity contribution in [2.75, 3.05) is 44.7 Å². The number of nitrogens with one attached hydrogen (secondary N) is 1. The lowest BCUT2D eigenvalue weighted by Crippen LogP contribution is -2.48. The minimum absolute atomic E-state index is 0.0316. The lowest BCUT2D eigenvalue weighted by molar-refractivity contribution is 0.0599. The number of carbonyl (C=O) groups is 2. The number of esters is 1. The van der Waals surface area contributed by atoms with E-state index in [0.29, 0.717) is 29.1 Å². The summed E-state index contributed by atoms with van der Waals surface area (Å²) in [5.74, 6) is 0.411. The van der Waals surface area contributed by atoms with Crippen molar-refractivity contribution in [3.05, 3.63) is 35.0 Å². The van der Waals surface area contributed by atoms with Crippen molar-refractivity contribution >= 4 is 28.6 Å². The molecule has 0 spiro atoms. The Morgan fingerprint density at radius 1 is 1.17 bits per heavy atom. The van der Waals surface area contributed by atoms with Crippen molar-refractivity contribution in [3.63, 3.8) is 0 Å². The summed E-state index contributed by atoms with van der Waals surface area (Å²) in [5.41, 5.74) is 3.01. The Morgan fingerprint density at radius 2 is 1.90 bits per heavy atom. The summed E-state index contributed by atoms with van der Waals surface area (Å²) in [6.45, 7) is 6.82. The van der Waals surface area contributed by atoms with Gasteiger partial charge < -0.3 is 14.6 Å². The number of ether oxygens (including phenoxy) is 1. The molecule has 0 aromatic carbocycles. The maximum atomic E-state index is 12.9. The molecule has 0 saturated carbocycles. The largest absolute Gasteiger partial charge is 0.465 e. The van der Waals surface area contributed by atoms with Crippen LogP contribution in [0.1, 0.15) is 32.1 Å². The highest BCUT2D eigenvalue weighted by Crippen LogP contribution is 2.24. The molecule has 4 rings (SSSR count). The van der Waals surface area contributed by atoms with Crippen LogP contribution in [0.25, 0.3) is 11.0 Å². The van der Waals surface area contributed by atoms with E-state index in [1.165, 1.54) is 7.11 Å². The Morgan fingerprint density at radius 3 is 2.60 bits per heavy atom. The fourth-order valence-corrected chi connectivity index (χ4v) is 4.04. The second-order valence-corrected chi connectivity index (χ2v) is 7.51. The summed E-state index contributed by atoms with van der Waals surface area (Å²) < 4.78 is 6.56. The molecule has 1 aliphatic heterocycles. The highest BCUT2D eigenvalue weighted by atomic mass is 16.5. The van der Waals surface area contributed by atoms with Gasteiger partial charge >= 0.3 is 5.97 Å². The average molecular weight is 411 g/mol. The number of anilines is 1. The molecule has 158 valence electrons. The lowest BCUT2D eigenvalue weighted by Gasteiger charge is -2.35. The monoisotopic (exact) mass is 411 g/mol. The van der Waals surface area contributed by atoms with Crippen LogP contribution in [0.15, 0.2) is 12.5 Å². The zero-order valence-electron chi connectivity index (χ0n) is 17.6. The van der Waals surface area contributed by atoms with Crippen LogP contribution in [0.5, 0.6) is 0 Å². The molecule has 10 heteroatoms. The minimum Gasteiger partial charge on any atom is -0.465 e. The third kappa shape index (κ3) is 3.43. The van der Waals surface area contributed by atoms with Crippen molar-refractivity contribution in [1.29, 1.82) is 0 Å². The smallest absolute Gasteiger partial charge is 0.339 e. The summed E-state index contributed by atoms with van der Waals surface area (Å²) >= 11 is 0. The molecule has 10 nitrogen and oxygen atoms in total. The van der Waals surface area contributed by atoms with Crippen molar-refractivity contribution in [2.24, 2.45) is 7.05 Å². The number of aromatic nitrogens is 5. The summed E-state index contributed by atoms with van der Waals surface area (Å²) in [6, 6.07) is 0. The SMILES string of the molecule is COC(=O)c1c(C)[nH]c(C(=O)CN2CCN(c3ncnc4c3cnn4C)CC2)c1C. The normalized spacial score (nSPS) is 15.0. The average Bonchev–Trinajstić information content (AvgIpc) is 3.27. The number of fused-ring (bicyclic) bond motifs is 1. The van der Waals surface area contributed by atoms with E-state index in [1.54, 1.807) is 31.1 Å². The fourth-order valence-electron chi connectivity index (χ4n) is 4.04. The van der Waals surface area contributed by atoms with Crippen molar-refractivity contribution in [2.45, 2.75) is 13.8 Å². The molecule has 0 bridgehead atoms. The van der Waals surface area contributed by atoms with Crippen molar-refractivity contribution < 1.29 is 14.3 Å². The van der Waals surface area contributed by atoms with Crippen molar-refractivity contribution in [1.82, 2.24) is 29.6 Å². The van der Waals surface area contributed by atoms with E-state index < -0.39 is 5.97 Å². The first-order valence-corrected chi connectivity index (χ1v) is 9.81. The predicted molar refractivity (Wildman–Crippen MR) is 111 cm³/mol. The molecule has 3 aromatic rings. The van der Waals surface area contributed by atoms with E-state index in [9.17, 15) is 9.59 Å². The zero-order valence-corrected chi connectivity index (χ0v) is 17.6. The van der Waals surface area contributed by atoms with E-state index in [0.717, 1.165) is 43.0 Å². The van der Waals surface area contributed by atoms with Gasteiger partial charge in [0.05, 0.1) is 36.5 Å². The Hall–Kier alpha value is -3.27. The maximum Gasteiger partial charge on any atom is 0.339 e. The van der Waals surface area contributed by atoms with Gasteiger partial charge in [-0.1, -0.05) is 0 Å². The highest BCUT2D eigenvalue weighted by Gasteiger charge is 2.26. The number of rotatable bonds is 5. The van der Waals surface area contributed by atoms with Crippen LogP contribution in [-0.4, -0.2) is 81.2 Å². The summed E-state index contributed by atoms with van der Waals surface area (Å²) in [7, 11) is 3.20. The van der Waals surface area contributed by atoms with Crippen LogP contribution in [0, 0.1) is 13.8 Å². The van der Waals surface area contributed by atoms with Crippen LogP contribution in [0.3, 0.4) is 0 Å². The summed E-state index contributed by atoms with van der Waals surface area (Å²) in [4.78, 5) is 41.0. The molecule has 1 N–H and O–H groups in total. The number of ketones is 1. The molecule has 1 fully saturated rings. The fraction of sp³-hybridized carbons (Fsp3) is 0.450. The Labute approximate surface area is 173 Å². The number of methoxy groups -OCH3 is 1. The molecular formula is C20H25N7O3. The van der Waals surface area contributed by atoms with Gasteiger partial charge in [-0.05, 0) is 19.4 Å². The van der Waals surface area contributed by atoms with Gasteiger partial charge in [0.2, 0.25) is 0 Å². The third-order valence-corrected chi connectivity index (χ3v) is 5.65. The second kappa shape index (κ2) is 7.86. The first-order chi connectivity index (χ1) is 14.4. The van der Waals surface area contributed by atoms with Gasteiger partial charge in [0.1, 0.15) is 12.1 Å². The number of aryl methyl sites for hydroxylation is 2. The molecule has 0 aliphatic carbocycles. The number of nitrogens with zero attached hydrogens (tertiary/aromatic N) is 6. The van der Waals surface area contributed by atoms with Gasteiger partial charge in [-0.15, -0.1) is 0 Å². The quantitative estimate of drug-likeness (QED) is 0.491. The number of hydrogen-bond donors (Lipinski definition) is 1. The van der Waals surface area contributed by atoms with E-state index in [2.05, 4.69) is 29.9 Å². The zero-order chi connectivity index (χ0) is 21.4. The maximum absolute atomic E-state index is 12.9. The van der Waals surface area contributed by atoms with Crippen molar-refractivity contribution in [3.8, 4) is 0 Å². The standard InChI is InChI=1S/C20H25N7O3/c1-12-16(20(29)30-4)13(2)24-17(12)15(28)10-26-5-7-27(8-6-26)19-14-9-23-25(3)18(14)21-11-22-19/h9,11,24H,5-8,10H2,1-4H3. The molecule has 0 radical (unpaired) electrons. The molecule has 0 amide bonds. The van der Waals surface area contributed by atoms with Gasteiger partial charge in [-0.3, -0.25) is 14.4 Å². The molecule has 0 unspecified atom stereocenters. The lowest BCUT2D eigenvalue weighted by atomic mass is 10.1. The minimum atomic E-state index is -0.430. The number of Topliss-reactive ketones (excluding diaryl/α,β-unsaturated/α-hetero) is 1. The van der Waals surface area contributed by atoms with Crippen LogP contribution in [0.4, 0.5) is 5.82 Å². The molecular weight excluding hydrogens is 386 g/mol. The number of H-pyrrole nitrogens is 1.